The normalized spacial score (nSPS) is 26.4. The van der Waals surface area contributed by atoms with E-state index in [1.807, 2.05) is 12.4 Å². The summed E-state index contributed by atoms with van der Waals surface area (Å²) >= 11 is 0. The molecule has 0 bridgehead atoms. The fraction of sp³-hybridized carbons (Fsp3) is 0.667. The maximum absolute atomic E-state index is 6.48. The van der Waals surface area contributed by atoms with Crippen molar-refractivity contribution in [3.05, 3.63) is 47.8 Å². The largest absolute Gasteiger partial charge is 0.372 e. The molecular formula is C30H48N6O2. The first kappa shape index (κ1) is 28.7. The van der Waals surface area contributed by atoms with E-state index in [2.05, 4.69) is 92.6 Å². The number of rotatable bonds is 10. The van der Waals surface area contributed by atoms with E-state index in [1.165, 1.54) is 11.1 Å². The third kappa shape index (κ3) is 7.44. The zero-order valence-electron chi connectivity index (χ0n) is 24.5. The molecule has 4 heterocycles. The highest BCUT2D eigenvalue weighted by atomic mass is 16.5. The Labute approximate surface area is 229 Å². The van der Waals surface area contributed by atoms with Crippen LogP contribution in [-0.4, -0.2) is 97.0 Å². The summed E-state index contributed by atoms with van der Waals surface area (Å²) in [6.45, 7) is 17.3. The molecule has 5 atom stereocenters. The van der Waals surface area contributed by atoms with E-state index in [-0.39, 0.29) is 30.5 Å². The number of hydrogen-bond acceptors (Lipinski definition) is 8. The van der Waals surface area contributed by atoms with E-state index >= 15 is 0 Å². The molecule has 0 radical (unpaired) electrons. The summed E-state index contributed by atoms with van der Waals surface area (Å²) < 4.78 is 12.8. The van der Waals surface area contributed by atoms with Gasteiger partial charge in [-0.05, 0) is 77.6 Å². The second-order valence-electron chi connectivity index (χ2n) is 11.3. The Balaban J connectivity index is 1.45. The van der Waals surface area contributed by atoms with Gasteiger partial charge >= 0.3 is 0 Å². The molecule has 210 valence electrons. The van der Waals surface area contributed by atoms with E-state index < -0.39 is 0 Å². The number of aromatic nitrogens is 2. The van der Waals surface area contributed by atoms with Crippen LogP contribution in [0.4, 0.5) is 11.6 Å². The van der Waals surface area contributed by atoms with Crippen LogP contribution in [0.25, 0.3) is 0 Å². The van der Waals surface area contributed by atoms with E-state index in [0.29, 0.717) is 0 Å². The van der Waals surface area contributed by atoms with Crippen LogP contribution in [0.3, 0.4) is 0 Å². The van der Waals surface area contributed by atoms with Crippen LogP contribution in [-0.2, 0) is 22.6 Å². The van der Waals surface area contributed by atoms with E-state index in [4.69, 9.17) is 19.4 Å². The molecule has 0 N–H and O–H groups in total. The van der Waals surface area contributed by atoms with Crippen LogP contribution in [0.5, 0.6) is 0 Å². The van der Waals surface area contributed by atoms with Gasteiger partial charge in [-0.1, -0.05) is 26.0 Å². The molecule has 0 amide bonds. The Kier molecular flexibility index (Phi) is 9.98. The Morgan fingerprint density at radius 3 is 1.92 bits per heavy atom. The number of anilines is 2. The lowest BCUT2D eigenvalue weighted by atomic mass is 9.98. The van der Waals surface area contributed by atoms with E-state index in [1.54, 1.807) is 0 Å². The van der Waals surface area contributed by atoms with Crippen LogP contribution < -0.4 is 9.80 Å². The van der Waals surface area contributed by atoms with Crippen molar-refractivity contribution in [2.24, 2.45) is 0 Å². The Morgan fingerprint density at radius 2 is 1.37 bits per heavy atom. The van der Waals surface area contributed by atoms with Crippen LogP contribution in [0.2, 0.25) is 0 Å². The van der Waals surface area contributed by atoms with E-state index in [0.717, 1.165) is 63.9 Å². The summed E-state index contributed by atoms with van der Waals surface area (Å²) in [6, 6.07) is 8.95. The second kappa shape index (κ2) is 13.2. The Hall–Kier alpha value is -2.26. The molecule has 2 aliphatic rings. The van der Waals surface area contributed by atoms with Gasteiger partial charge in [-0.2, -0.15) is 0 Å². The fourth-order valence-corrected chi connectivity index (χ4v) is 5.60. The van der Waals surface area contributed by atoms with Gasteiger partial charge in [0.1, 0.15) is 11.6 Å². The quantitative estimate of drug-likeness (QED) is 0.462. The summed E-state index contributed by atoms with van der Waals surface area (Å²) in [4.78, 5) is 19.1. The van der Waals surface area contributed by atoms with Gasteiger partial charge in [0, 0.05) is 45.1 Å². The van der Waals surface area contributed by atoms with Crippen molar-refractivity contribution in [1.29, 1.82) is 0 Å². The van der Waals surface area contributed by atoms with Crippen molar-refractivity contribution >= 4 is 11.6 Å². The van der Waals surface area contributed by atoms with Gasteiger partial charge in [0.15, 0.2) is 0 Å². The smallest absolute Gasteiger partial charge is 0.128 e. The van der Waals surface area contributed by atoms with Gasteiger partial charge in [-0.15, -0.1) is 0 Å². The summed E-state index contributed by atoms with van der Waals surface area (Å²) in [5.74, 6) is 2.05. The molecule has 2 aromatic rings. The number of pyridine rings is 2. The molecule has 2 saturated heterocycles. The van der Waals surface area contributed by atoms with E-state index in [9.17, 15) is 0 Å². The van der Waals surface area contributed by atoms with Crippen molar-refractivity contribution in [3.63, 3.8) is 0 Å². The first-order chi connectivity index (χ1) is 18.2. The summed E-state index contributed by atoms with van der Waals surface area (Å²) in [5.41, 5.74) is 2.48. The molecule has 8 nitrogen and oxygen atoms in total. The molecule has 38 heavy (non-hydrogen) atoms. The molecule has 4 rings (SSSR count). The summed E-state index contributed by atoms with van der Waals surface area (Å²) in [6.07, 6.45) is 5.41. The van der Waals surface area contributed by atoms with Gasteiger partial charge in [0.2, 0.25) is 0 Å². The second-order valence-corrected chi connectivity index (χ2v) is 11.3. The highest BCUT2D eigenvalue weighted by molar-refractivity contribution is 5.43. The number of morpholine rings is 2. The number of nitrogens with zero attached hydrogens (tertiary/aromatic N) is 6. The highest BCUT2D eigenvalue weighted by Gasteiger charge is 2.37. The van der Waals surface area contributed by atoms with Gasteiger partial charge in [0.05, 0.1) is 30.5 Å². The molecule has 0 aromatic carbocycles. The topological polar surface area (TPSA) is 57.2 Å². The van der Waals surface area contributed by atoms with Crippen molar-refractivity contribution in [2.75, 3.05) is 56.6 Å². The monoisotopic (exact) mass is 524 g/mol. The van der Waals surface area contributed by atoms with Crippen LogP contribution >= 0.6 is 0 Å². The average molecular weight is 525 g/mol. The minimum atomic E-state index is 0.0914. The number of ether oxygens (including phenoxy) is 2. The first-order valence-electron chi connectivity index (χ1n) is 14.3. The standard InChI is InChI=1S/C30H48N6O2/c1-8-33(6)19-25-10-12-29(31-15-25)35-17-22(3)38-27(21-35)14-28-24(5)37-23(4)18-36(28)30-13-11-26(16-32-30)20-34(7)9-2/h10-13,15-16,22-24,27-28H,8-9,14,17-21H2,1-7H3. The van der Waals surface area contributed by atoms with Gasteiger partial charge in [-0.3, -0.25) is 0 Å². The first-order valence-corrected chi connectivity index (χ1v) is 14.3. The zero-order chi connectivity index (χ0) is 27.2. The molecule has 2 aliphatic heterocycles. The third-order valence-corrected chi connectivity index (χ3v) is 7.89. The molecule has 2 aromatic heterocycles. The lowest BCUT2D eigenvalue weighted by molar-refractivity contribution is -0.0624. The maximum atomic E-state index is 6.48. The Morgan fingerprint density at radius 1 is 0.789 bits per heavy atom. The van der Waals surface area contributed by atoms with Crippen LogP contribution in [0.15, 0.2) is 36.7 Å². The minimum absolute atomic E-state index is 0.0914. The predicted octanol–water partition coefficient (Wildman–Crippen LogP) is 4.05. The summed E-state index contributed by atoms with van der Waals surface area (Å²) in [7, 11) is 4.27. The van der Waals surface area contributed by atoms with Gasteiger partial charge < -0.3 is 29.1 Å². The predicted molar refractivity (Wildman–Crippen MR) is 155 cm³/mol. The third-order valence-electron chi connectivity index (χ3n) is 7.89. The zero-order valence-corrected chi connectivity index (χ0v) is 24.5. The van der Waals surface area contributed by atoms with Crippen LogP contribution in [0.1, 0.15) is 52.2 Å². The van der Waals surface area contributed by atoms with Crippen molar-refractivity contribution in [3.8, 4) is 0 Å². The lowest BCUT2D eigenvalue weighted by Crippen LogP contribution is -2.57. The average Bonchev–Trinajstić information content (AvgIpc) is 2.90. The Bertz CT molecular complexity index is 987. The maximum Gasteiger partial charge on any atom is 0.128 e. The molecule has 0 saturated carbocycles. The van der Waals surface area contributed by atoms with Gasteiger partial charge in [-0.25, -0.2) is 9.97 Å². The van der Waals surface area contributed by atoms with Crippen molar-refractivity contribution in [2.45, 2.75) is 84.6 Å². The number of hydrogen-bond donors (Lipinski definition) is 0. The molecule has 0 aliphatic carbocycles. The molecule has 2 fully saturated rings. The minimum Gasteiger partial charge on any atom is -0.372 e. The lowest BCUT2D eigenvalue weighted by Gasteiger charge is -2.46. The molecule has 0 spiro atoms. The molecule has 8 heteroatoms. The van der Waals surface area contributed by atoms with Crippen molar-refractivity contribution < 1.29 is 9.47 Å². The molecule has 5 unspecified atom stereocenters. The SMILES string of the molecule is CCN(C)Cc1ccc(N2CC(C)OC(CC3C(C)OC(C)CN3c3ccc(CN(C)CC)cn3)C2)nc1. The molecular weight excluding hydrogens is 476 g/mol. The van der Waals surface area contributed by atoms with Crippen LogP contribution in [0, 0.1) is 0 Å². The highest BCUT2D eigenvalue weighted by Crippen LogP contribution is 2.30. The summed E-state index contributed by atoms with van der Waals surface area (Å²) in [5, 5.41) is 0. The van der Waals surface area contributed by atoms with Crippen molar-refractivity contribution in [1.82, 2.24) is 19.8 Å². The fourth-order valence-electron chi connectivity index (χ4n) is 5.60. The van der Waals surface area contributed by atoms with Gasteiger partial charge in [0.25, 0.3) is 0 Å².